The van der Waals surface area contributed by atoms with Gasteiger partial charge in [-0.15, -0.1) is 11.8 Å². The highest BCUT2D eigenvalue weighted by atomic mass is 32.2. The molecule has 4 nitrogen and oxygen atoms in total. The Morgan fingerprint density at radius 2 is 2.29 bits per heavy atom. The Labute approximate surface area is 103 Å². The average Bonchev–Trinajstić information content (AvgIpc) is 2.35. The highest BCUT2D eigenvalue weighted by Gasteiger charge is 2.06. The highest BCUT2D eigenvalue weighted by Crippen LogP contribution is 2.29. The van der Waals surface area contributed by atoms with Crippen LogP contribution in [0.25, 0.3) is 10.9 Å². The number of aliphatic carboxylic acids is 1. The first-order valence-corrected chi connectivity index (χ1v) is 5.96. The molecule has 0 atom stereocenters. The van der Waals surface area contributed by atoms with Crippen molar-refractivity contribution in [2.45, 2.75) is 4.90 Å². The van der Waals surface area contributed by atoms with Crippen molar-refractivity contribution in [2.24, 2.45) is 0 Å². The second-order valence-electron chi connectivity index (χ2n) is 3.37. The van der Waals surface area contributed by atoms with E-state index in [1.165, 1.54) is 11.8 Å². The van der Waals surface area contributed by atoms with Gasteiger partial charge in [0.15, 0.2) is 0 Å². The summed E-state index contributed by atoms with van der Waals surface area (Å²) < 4.78 is 5.15. The molecular weight excluding hydrogens is 238 g/mol. The predicted molar refractivity (Wildman–Crippen MR) is 66.7 cm³/mol. The van der Waals surface area contributed by atoms with Crippen LogP contribution in [-0.4, -0.2) is 28.9 Å². The number of hydrogen-bond donors (Lipinski definition) is 1. The molecule has 1 N–H and O–H groups in total. The first-order valence-electron chi connectivity index (χ1n) is 4.98. The van der Waals surface area contributed by atoms with Gasteiger partial charge in [-0.2, -0.15) is 0 Å². The van der Waals surface area contributed by atoms with Crippen molar-refractivity contribution in [1.29, 1.82) is 0 Å². The van der Waals surface area contributed by atoms with Gasteiger partial charge < -0.3 is 9.84 Å². The molecule has 88 valence electrons. The molecule has 17 heavy (non-hydrogen) atoms. The SMILES string of the molecule is COc1ccc2nccc(SCC(=O)O)c2c1. The molecule has 1 heterocycles. The van der Waals surface area contributed by atoms with Crippen LogP contribution in [0.4, 0.5) is 0 Å². The fraction of sp³-hybridized carbons (Fsp3) is 0.167. The molecule has 0 aliphatic rings. The van der Waals surface area contributed by atoms with Gasteiger partial charge in [0, 0.05) is 16.5 Å². The smallest absolute Gasteiger partial charge is 0.313 e. The van der Waals surface area contributed by atoms with Crippen LogP contribution < -0.4 is 4.74 Å². The molecule has 1 aromatic carbocycles. The number of rotatable bonds is 4. The molecule has 0 unspecified atom stereocenters. The first-order chi connectivity index (χ1) is 8.20. The van der Waals surface area contributed by atoms with Gasteiger partial charge in [-0.25, -0.2) is 0 Å². The maximum absolute atomic E-state index is 10.6. The molecule has 0 aliphatic carbocycles. The Morgan fingerprint density at radius 3 is 3.00 bits per heavy atom. The number of hydrogen-bond acceptors (Lipinski definition) is 4. The summed E-state index contributed by atoms with van der Waals surface area (Å²) in [5.74, 6) is -0.0541. The zero-order chi connectivity index (χ0) is 12.3. The van der Waals surface area contributed by atoms with Crippen LogP contribution in [0.3, 0.4) is 0 Å². The minimum absolute atomic E-state index is 0.0380. The molecule has 0 amide bonds. The molecule has 2 aromatic rings. The van der Waals surface area contributed by atoms with Gasteiger partial charge in [-0.05, 0) is 24.3 Å². The van der Waals surface area contributed by atoms with Crippen LogP contribution in [0, 0.1) is 0 Å². The second-order valence-corrected chi connectivity index (χ2v) is 4.39. The molecule has 5 heteroatoms. The Kier molecular flexibility index (Phi) is 3.49. The van der Waals surface area contributed by atoms with Gasteiger partial charge in [0.2, 0.25) is 0 Å². The van der Waals surface area contributed by atoms with Crippen LogP contribution in [0.5, 0.6) is 5.75 Å². The molecule has 0 spiro atoms. The van der Waals surface area contributed by atoms with Gasteiger partial charge in [-0.1, -0.05) is 0 Å². The highest BCUT2D eigenvalue weighted by molar-refractivity contribution is 8.00. The fourth-order valence-electron chi connectivity index (χ4n) is 1.49. The fourth-order valence-corrected chi connectivity index (χ4v) is 2.25. The molecule has 0 saturated carbocycles. The zero-order valence-electron chi connectivity index (χ0n) is 9.21. The predicted octanol–water partition coefficient (Wildman–Crippen LogP) is 2.42. The van der Waals surface area contributed by atoms with Crippen molar-refractivity contribution >= 4 is 28.6 Å². The Morgan fingerprint density at radius 1 is 1.47 bits per heavy atom. The number of pyridine rings is 1. The van der Waals surface area contributed by atoms with Crippen LogP contribution in [0.2, 0.25) is 0 Å². The lowest BCUT2D eigenvalue weighted by molar-refractivity contribution is -0.133. The van der Waals surface area contributed by atoms with E-state index in [0.29, 0.717) is 0 Å². The van der Waals surface area contributed by atoms with E-state index in [1.54, 1.807) is 13.3 Å². The van der Waals surface area contributed by atoms with E-state index in [4.69, 9.17) is 9.84 Å². The zero-order valence-corrected chi connectivity index (χ0v) is 10.0. The number of ether oxygens (including phenoxy) is 1. The summed E-state index contributed by atoms with van der Waals surface area (Å²) in [5, 5.41) is 9.60. The monoisotopic (exact) mass is 249 g/mol. The van der Waals surface area contributed by atoms with E-state index >= 15 is 0 Å². The minimum atomic E-state index is -0.831. The van der Waals surface area contributed by atoms with Gasteiger partial charge in [0.1, 0.15) is 5.75 Å². The maximum Gasteiger partial charge on any atom is 0.313 e. The van der Waals surface area contributed by atoms with Crippen LogP contribution in [0.15, 0.2) is 35.4 Å². The third-order valence-corrected chi connectivity index (χ3v) is 3.32. The van der Waals surface area contributed by atoms with E-state index in [9.17, 15) is 4.79 Å². The molecule has 0 fully saturated rings. The van der Waals surface area contributed by atoms with Crippen molar-refractivity contribution < 1.29 is 14.6 Å². The van der Waals surface area contributed by atoms with E-state index in [2.05, 4.69) is 4.98 Å². The topological polar surface area (TPSA) is 59.4 Å². The molecule has 0 saturated heterocycles. The van der Waals surface area contributed by atoms with Crippen molar-refractivity contribution in [3.63, 3.8) is 0 Å². The number of carbonyl (C=O) groups is 1. The van der Waals surface area contributed by atoms with Gasteiger partial charge in [0.25, 0.3) is 0 Å². The number of aromatic nitrogens is 1. The lowest BCUT2D eigenvalue weighted by Crippen LogP contribution is -1.97. The summed E-state index contributed by atoms with van der Waals surface area (Å²) in [6.45, 7) is 0. The Bertz CT molecular complexity index is 556. The summed E-state index contributed by atoms with van der Waals surface area (Å²) in [5.41, 5.74) is 0.834. The summed E-state index contributed by atoms with van der Waals surface area (Å²) >= 11 is 1.28. The number of thioether (sulfide) groups is 1. The molecule has 1 aromatic heterocycles. The average molecular weight is 249 g/mol. The van der Waals surface area contributed by atoms with Crippen molar-refractivity contribution in [3.8, 4) is 5.75 Å². The molecule has 0 radical (unpaired) electrons. The summed E-state index contributed by atoms with van der Waals surface area (Å²) in [6.07, 6.45) is 1.68. The summed E-state index contributed by atoms with van der Waals surface area (Å²) in [4.78, 5) is 15.7. The Hall–Kier alpha value is -1.75. The van der Waals surface area contributed by atoms with Crippen LogP contribution in [-0.2, 0) is 4.79 Å². The van der Waals surface area contributed by atoms with Gasteiger partial charge in [-0.3, -0.25) is 9.78 Å². The standard InChI is InChI=1S/C12H11NO3S/c1-16-8-2-3-10-9(6-8)11(4-5-13-10)17-7-12(14)15/h2-6H,7H2,1H3,(H,14,15). The number of carboxylic acid groups (broad SMARTS) is 1. The Balaban J connectivity index is 2.43. The van der Waals surface area contributed by atoms with E-state index in [0.717, 1.165) is 21.5 Å². The molecule has 0 aliphatic heterocycles. The number of benzene rings is 1. The number of methoxy groups -OCH3 is 1. The molecule has 2 rings (SSSR count). The number of fused-ring (bicyclic) bond motifs is 1. The van der Waals surface area contributed by atoms with Gasteiger partial charge >= 0.3 is 5.97 Å². The molecular formula is C12H11NO3S. The van der Waals surface area contributed by atoms with Crippen LogP contribution >= 0.6 is 11.8 Å². The third-order valence-electron chi connectivity index (χ3n) is 2.26. The summed E-state index contributed by atoms with van der Waals surface area (Å²) in [7, 11) is 1.60. The van der Waals surface area contributed by atoms with E-state index < -0.39 is 5.97 Å². The van der Waals surface area contributed by atoms with Gasteiger partial charge in [0.05, 0.1) is 18.4 Å². The van der Waals surface area contributed by atoms with E-state index in [1.807, 2.05) is 24.3 Å². The maximum atomic E-state index is 10.6. The summed E-state index contributed by atoms with van der Waals surface area (Å²) in [6, 6.07) is 7.38. The minimum Gasteiger partial charge on any atom is -0.497 e. The second kappa shape index (κ2) is 5.05. The lowest BCUT2D eigenvalue weighted by Gasteiger charge is -2.06. The third kappa shape index (κ3) is 2.68. The van der Waals surface area contributed by atoms with Crippen molar-refractivity contribution in [3.05, 3.63) is 30.5 Å². The largest absolute Gasteiger partial charge is 0.497 e. The normalized spacial score (nSPS) is 10.4. The van der Waals surface area contributed by atoms with Crippen molar-refractivity contribution in [2.75, 3.05) is 12.9 Å². The quantitative estimate of drug-likeness (QED) is 0.843. The van der Waals surface area contributed by atoms with Crippen molar-refractivity contribution in [1.82, 2.24) is 4.98 Å². The van der Waals surface area contributed by atoms with Crippen LogP contribution in [0.1, 0.15) is 0 Å². The number of carboxylic acids is 1. The molecule has 0 bridgehead atoms. The lowest BCUT2D eigenvalue weighted by atomic mass is 10.2. The van der Waals surface area contributed by atoms with E-state index in [-0.39, 0.29) is 5.75 Å². The number of nitrogens with zero attached hydrogens (tertiary/aromatic N) is 1. The first kappa shape index (κ1) is 11.7.